The van der Waals surface area contributed by atoms with Crippen LogP contribution in [0.4, 0.5) is 4.79 Å². The van der Waals surface area contributed by atoms with Crippen molar-refractivity contribution >= 4 is 28.6 Å². The van der Waals surface area contributed by atoms with Crippen LogP contribution in [0.25, 0.3) is 28.1 Å². The molecule has 0 saturated heterocycles. The number of carbonyl (C=O) groups is 1. The molecule has 2 aromatic carbocycles. The minimum absolute atomic E-state index is 0.362. The fourth-order valence-electron chi connectivity index (χ4n) is 3.30. The van der Waals surface area contributed by atoms with Gasteiger partial charge in [0.15, 0.2) is 0 Å². The highest BCUT2D eigenvalue weighted by Gasteiger charge is 2.22. The molecule has 31 heavy (non-hydrogen) atoms. The van der Waals surface area contributed by atoms with E-state index < -0.39 is 11.7 Å². The number of aryl methyl sites for hydroxylation is 1. The number of nitrogens with one attached hydrogen (secondary N) is 1. The molecule has 0 fully saturated rings. The number of ether oxygens (including phenoxy) is 1. The number of aromatic nitrogens is 5. The van der Waals surface area contributed by atoms with Gasteiger partial charge in [-0.3, -0.25) is 0 Å². The minimum Gasteiger partial charge on any atom is -0.444 e. The Morgan fingerprint density at radius 2 is 1.84 bits per heavy atom. The highest BCUT2D eigenvalue weighted by Crippen LogP contribution is 2.38. The Labute approximate surface area is 184 Å². The molecule has 0 radical (unpaired) electrons. The van der Waals surface area contributed by atoms with E-state index in [4.69, 9.17) is 16.3 Å². The fourth-order valence-corrected chi connectivity index (χ4v) is 3.63. The molecule has 0 aliphatic carbocycles. The summed E-state index contributed by atoms with van der Waals surface area (Å²) in [4.78, 5) is 13.3. The molecule has 0 atom stereocenters. The monoisotopic (exact) mass is 438 g/mol. The molecule has 0 aliphatic heterocycles. The second kappa shape index (κ2) is 8.03. The lowest BCUT2D eigenvalue weighted by Gasteiger charge is -2.19. The molecule has 0 unspecified atom stereocenters. The van der Waals surface area contributed by atoms with Crippen molar-refractivity contribution < 1.29 is 9.53 Å². The normalized spacial score (nSPS) is 11.6. The van der Waals surface area contributed by atoms with Crippen LogP contribution in [0.1, 0.15) is 26.3 Å². The molecule has 4 aromatic rings. The van der Waals surface area contributed by atoms with Gasteiger partial charge in [-0.05, 0) is 49.7 Å². The van der Waals surface area contributed by atoms with Gasteiger partial charge in [0, 0.05) is 17.6 Å². The summed E-state index contributed by atoms with van der Waals surface area (Å²) in [7, 11) is 1.71. The lowest BCUT2D eigenvalue weighted by Crippen LogP contribution is -2.32. The third kappa shape index (κ3) is 4.39. The van der Waals surface area contributed by atoms with Crippen LogP contribution in [0.5, 0.6) is 0 Å². The Morgan fingerprint density at radius 3 is 2.48 bits per heavy atom. The van der Waals surface area contributed by atoms with Gasteiger partial charge < -0.3 is 14.6 Å². The van der Waals surface area contributed by atoms with E-state index in [1.54, 1.807) is 7.05 Å². The number of fused-ring (bicyclic) bond motifs is 1. The first-order valence-corrected chi connectivity index (χ1v) is 10.2. The van der Waals surface area contributed by atoms with Gasteiger partial charge in [-0.25, -0.2) is 4.79 Å². The van der Waals surface area contributed by atoms with Gasteiger partial charge in [0.2, 0.25) is 5.82 Å². The summed E-state index contributed by atoms with van der Waals surface area (Å²) in [5.74, 6) is 0.444. The van der Waals surface area contributed by atoms with E-state index in [1.165, 1.54) is 4.80 Å². The first kappa shape index (κ1) is 20.9. The maximum atomic E-state index is 11.9. The number of nitrogens with zero attached hydrogens (tertiary/aromatic N) is 5. The van der Waals surface area contributed by atoms with Crippen molar-refractivity contribution in [1.82, 2.24) is 30.1 Å². The number of rotatable bonds is 4. The summed E-state index contributed by atoms with van der Waals surface area (Å²) in [5, 5.41) is 16.7. The summed E-state index contributed by atoms with van der Waals surface area (Å²) in [6.45, 7) is 5.85. The molecule has 1 amide bonds. The van der Waals surface area contributed by atoms with E-state index in [-0.39, 0.29) is 0 Å². The molecule has 8 nitrogen and oxygen atoms in total. The summed E-state index contributed by atoms with van der Waals surface area (Å²) >= 11 is 6.73. The molecular weight excluding hydrogens is 416 g/mol. The van der Waals surface area contributed by atoms with Gasteiger partial charge in [-0.15, -0.1) is 10.2 Å². The van der Waals surface area contributed by atoms with Gasteiger partial charge >= 0.3 is 6.09 Å². The van der Waals surface area contributed by atoms with E-state index in [0.29, 0.717) is 23.1 Å². The first-order chi connectivity index (χ1) is 14.7. The van der Waals surface area contributed by atoms with Gasteiger partial charge in [-0.2, -0.15) is 4.80 Å². The number of alkyl carbamates (subject to hydrolysis) is 1. The van der Waals surface area contributed by atoms with Crippen LogP contribution >= 0.6 is 11.6 Å². The van der Waals surface area contributed by atoms with E-state index in [1.807, 2.05) is 73.9 Å². The highest BCUT2D eigenvalue weighted by molar-refractivity contribution is 6.38. The van der Waals surface area contributed by atoms with Crippen molar-refractivity contribution in [2.75, 3.05) is 0 Å². The van der Waals surface area contributed by atoms with Gasteiger partial charge in [0.05, 0.1) is 17.6 Å². The van der Waals surface area contributed by atoms with E-state index in [0.717, 1.165) is 22.2 Å². The SMILES string of the molecule is Cn1nnc(-c2c(Cl)c3ccccc3n2-c2ccc(CNC(=O)OC(C)(C)C)cc2)n1. The Bertz CT molecular complexity index is 1240. The van der Waals surface area contributed by atoms with Crippen molar-refractivity contribution in [2.45, 2.75) is 32.9 Å². The predicted octanol–water partition coefficient (Wildman–Crippen LogP) is 4.50. The largest absolute Gasteiger partial charge is 0.444 e. The highest BCUT2D eigenvalue weighted by atomic mass is 35.5. The minimum atomic E-state index is -0.534. The predicted molar refractivity (Wildman–Crippen MR) is 119 cm³/mol. The van der Waals surface area contributed by atoms with Crippen LogP contribution in [0.3, 0.4) is 0 Å². The second-order valence-corrected chi connectivity index (χ2v) is 8.52. The summed E-state index contributed by atoms with van der Waals surface area (Å²) in [5.41, 5.74) is 2.92. The molecule has 0 saturated carbocycles. The maximum absolute atomic E-state index is 11.9. The number of benzene rings is 2. The molecule has 0 aliphatic rings. The van der Waals surface area contributed by atoms with Crippen LogP contribution in [-0.4, -0.2) is 36.5 Å². The molecule has 1 N–H and O–H groups in total. The molecule has 0 bridgehead atoms. The van der Waals surface area contributed by atoms with Gasteiger partial charge in [-0.1, -0.05) is 41.9 Å². The number of amides is 1. The Morgan fingerprint density at radius 1 is 1.13 bits per heavy atom. The van der Waals surface area contributed by atoms with Crippen LogP contribution in [0, 0.1) is 0 Å². The standard InChI is InChI=1S/C22H23ClN6O2/c1-22(2,3)31-21(30)24-13-14-9-11-15(12-10-14)29-17-8-6-5-7-16(17)18(23)19(29)20-25-27-28(4)26-20/h5-12H,13H2,1-4H3,(H,24,30). The number of hydrogen-bond acceptors (Lipinski definition) is 5. The zero-order valence-electron chi connectivity index (χ0n) is 17.8. The molecule has 9 heteroatoms. The van der Waals surface area contributed by atoms with Crippen LogP contribution < -0.4 is 5.32 Å². The number of hydrogen-bond donors (Lipinski definition) is 1. The van der Waals surface area contributed by atoms with Crippen molar-refractivity contribution in [3.05, 3.63) is 59.1 Å². The van der Waals surface area contributed by atoms with Gasteiger partial charge in [0.1, 0.15) is 11.3 Å². The van der Waals surface area contributed by atoms with E-state index in [2.05, 4.69) is 20.7 Å². The zero-order valence-corrected chi connectivity index (χ0v) is 18.5. The van der Waals surface area contributed by atoms with Crippen molar-refractivity contribution in [3.63, 3.8) is 0 Å². The molecule has 0 spiro atoms. The Hall–Kier alpha value is -3.39. The van der Waals surface area contributed by atoms with Crippen LogP contribution in [0.2, 0.25) is 5.02 Å². The van der Waals surface area contributed by atoms with Crippen molar-refractivity contribution in [3.8, 4) is 17.2 Å². The molecule has 2 aromatic heterocycles. The van der Waals surface area contributed by atoms with Crippen LogP contribution in [0.15, 0.2) is 48.5 Å². The Balaban J connectivity index is 1.67. The molecular formula is C22H23ClN6O2. The number of para-hydroxylation sites is 1. The quantitative estimate of drug-likeness (QED) is 0.507. The number of tetrazole rings is 1. The van der Waals surface area contributed by atoms with Gasteiger partial charge in [0.25, 0.3) is 0 Å². The van der Waals surface area contributed by atoms with Crippen LogP contribution in [-0.2, 0) is 18.3 Å². The average Bonchev–Trinajstić information content (AvgIpc) is 3.27. The fraction of sp³-hybridized carbons (Fsp3) is 0.273. The zero-order chi connectivity index (χ0) is 22.2. The molecule has 160 valence electrons. The second-order valence-electron chi connectivity index (χ2n) is 8.14. The lowest BCUT2D eigenvalue weighted by molar-refractivity contribution is 0.0523. The molecule has 2 heterocycles. The topological polar surface area (TPSA) is 86.9 Å². The average molecular weight is 439 g/mol. The third-order valence-corrected chi connectivity index (χ3v) is 4.95. The summed E-state index contributed by atoms with van der Waals surface area (Å²) in [6, 6.07) is 15.7. The van der Waals surface area contributed by atoms with E-state index in [9.17, 15) is 4.79 Å². The number of halogens is 1. The van der Waals surface area contributed by atoms with Crippen molar-refractivity contribution in [2.24, 2.45) is 7.05 Å². The van der Waals surface area contributed by atoms with Crippen molar-refractivity contribution in [1.29, 1.82) is 0 Å². The summed E-state index contributed by atoms with van der Waals surface area (Å²) < 4.78 is 7.29. The molecule has 4 rings (SSSR count). The smallest absolute Gasteiger partial charge is 0.407 e. The Kier molecular flexibility index (Phi) is 5.41. The summed E-state index contributed by atoms with van der Waals surface area (Å²) in [6.07, 6.45) is -0.448. The maximum Gasteiger partial charge on any atom is 0.407 e. The van der Waals surface area contributed by atoms with E-state index >= 15 is 0 Å². The third-order valence-electron chi connectivity index (χ3n) is 4.56. The number of carbonyl (C=O) groups excluding carboxylic acids is 1. The lowest BCUT2D eigenvalue weighted by atomic mass is 10.2. The first-order valence-electron chi connectivity index (χ1n) is 9.82.